The summed E-state index contributed by atoms with van der Waals surface area (Å²) in [5, 5.41) is 10.6. The first-order valence-corrected chi connectivity index (χ1v) is 8.92. The van der Waals surface area contributed by atoms with Gasteiger partial charge in [-0.05, 0) is 23.8 Å². The highest BCUT2D eigenvalue weighted by Crippen LogP contribution is 2.35. The van der Waals surface area contributed by atoms with Gasteiger partial charge in [0.2, 0.25) is 0 Å². The predicted molar refractivity (Wildman–Crippen MR) is 103 cm³/mol. The van der Waals surface area contributed by atoms with Gasteiger partial charge < -0.3 is 4.74 Å². The Bertz CT molecular complexity index is 908. The Labute approximate surface area is 157 Å². The highest BCUT2D eigenvalue weighted by atomic mass is 16.5. The molecule has 0 radical (unpaired) electrons. The number of ether oxygens (including phenoxy) is 1. The number of hydrogen-bond donors (Lipinski definition) is 0. The van der Waals surface area contributed by atoms with E-state index in [2.05, 4.69) is 22.3 Å². The average Bonchev–Trinajstić information content (AvgIpc) is 3.39. The fraction of sp³-hybridized carbons (Fsp3) is 0.190. The van der Waals surface area contributed by atoms with Gasteiger partial charge in [-0.25, -0.2) is 4.79 Å². The predicted octanol–water partition coefficient (Wildman–Crippen LogP) is 3.43. The van der Waals surface area contributed by atoms with E-state index in [9.17, 15) is 4.79 Å². The summed E-state index contributed by atoms with van der Waals surface area (Å²) in [7, 11) is 0. The molecule has 0 amide bonds. The third-order valence-electron chi connectivity index (χ3n) is 4.46. The van der Waals surface area contributed by atoms with Gasteiger partial charge in [-0.1, -0.05) is 48.5 Å². The zero-order chi connectivity index (χ0) is 18.5. The third-order valence-corrected chi connectivity index (χ3v) is 4.46. The van der Waals surface area contributed by atoms with Crippen LogP contribution in [0.15, 0.2) is 84.2 Å². The summed E-state index contributed by atoms with van der Waals surface area (Å²) >= 11 is 0. The molecule has 0 saturated carbocycles. The van der Waals surface area contributed by atoms with E-state index in [0.717, 1.165) is 11.3 Å². The molecule has 6 nitrogen and oxygen atoms in total. The van der Waals surface area contributed by atoms with Crippen molar-refractivity contribution < 1.29 is 9.53 Å². The van der Waals surface area contributed by atoms with Crippen LogP contribution in [0.5, 0.6) is 0 Å². The number of para-hydroxylation sites is 1. The summed E-state index contributed by atoms with van der Waals surface area (Å²) in [5.41, 5.74) is 2.50. The van der Waals surface area contributed by atoms with Gasteiger partial charge in [-0.2, -0.15) is 10.2 Å². The van der Waals surface area contributed by atoms with E-state index in [1.807, 2.05) is 65.8 Å². The first-order valence-electron chi connectivity index (χ1n) is 8.92. The lowest BCUT2D eigenvalue weighted by Gasteiger charge is -2.23. The average molecular weight is 360 g/mol. The number of nitrogens with zero attached hydrogens (tertiary/aromatic N) is 4. The van der Waals surface area contributed by atoms with Crippen LogP contribution in [-0.2, 0) is 16.1 Å². The van der Waals surface area contributed by atoms with E-state index in [-0.39, 0.29) is 18.6 Å². The molecule has 2 heterocycles. The smallest absolute Gasteiger partial charge is 0.354 e. The number of carbonyl (C=O) groups is 1. The van der Waals surface area contributed by atoms with Crippen LogP contribution in [0, 0.1) is 0 Å². The minimum absolute atomic E-state index is 0.0257. The quantitative estimate of drug-likeness (QED) is 0.632. The van der Waals surface area contributed by atoms with Crippen LogP contribution in [0.3, 0.4) is 0 Å². The van der Waals surface area contributed by atoms with Crippen molar-refractivity contribution in [1.82, 2.24) is 9.78 Å². The van der Waals surface area contributed by atoms with Crippen molar-refractivity contribution in [2.45, 2.75) is 19.0 Å². The van der Waals surface area contributed by atoms with Crippen molar-refractivity contribution in [3.05, 3.63) is 84.7 Å². The third kappa shape index (κ3) is 3.89. The maximum atomic E-state index is 12.5. The maximum absolute atomic E-state index is 12.5. The van der Waals surface area contributed by atoms with Crippen molar-refractivity contribution in [1.29, 1.82) is 0 Å². The van der Waals surface area contributed by atoms with Gasteiger partial charge in [0.1, 0.15) is 12.3 Å². The Kier molecular flexibility index (Phi) is 4.96. The van der Waals surface area contributed by atoms with Gasteiger partial charge in [-0.15, -0.1) is 0 Å². The molecule has 0 N–H and O–H groups in total. The molecule has 1 unspecified atom stereocenters. The van der Waals surface area contributed by atoms with Gasteiger partial charge in [0.15, 0.2) is 0 Å². The summed E-state index contributed by atoms with van der Waals surface area (Å²) < 4.78 is 7.14. The summed E-state index contributed by atoms with van der Waals surface area (Å²) in [6, 6.07) is 21.8. The maximum Gasteiger partial charge on any atom is 0.354 e. The van der Waals surface area contributed by atoms with Crippen molar-refractivity contribution in [3.63, 3.8) is 0 Å². The van der Waals surface area contributed by atoms with Crippen molar-refractivity contribution in [2.24, 2.45) is 5.10 Å². The molecule has 1 aliphatic rings. The lowest BCUT2D eigenvalue weighted by atomic mass is 10.0. The Hall–Kier alpha value is -3.41. The number of hydrogen-bond acceptors (Lipinski definition) is 5. The fourth-order valence-electron chi connectivity index (χ4n) is 3.13. The topological polar surface area (TPSA) is 59.7 Å². The Morgan fingerprint density at radius 3 is 2.48 bits per heavy atom. The van der Waals surface area contributed by atoms with Crippen molar-refractivity contribution >= 4 is 17.4 Å². The van der Waals surface area contributed by atoms with Crippen molar-refractivity contribution in [3.8, 4) is 0 Å². The second kappa shape index (κ2) is 7.86. The molecule has 0 fully saturated rings. The monoisotopic (exact) mass is 360 g/mol. The number of anilines is 1. The zero-order valence-corrected chi connectivity index (χ0v) is 14.8. The molecule has 0 saturated heterocycles. The number of benzene rings is 2. The molecule has 27 heavy (non-hydrogen) atoms. The summed E-state index contributed by atoms with van der Waals surface area (Å²) in [6.07, 6.45) is 4.05. The number of carbonyl (C=O) groups excluding carboxylic acids is 1. The van der Waals surface area contributed by atoms with Crippen molar-refractivity contribution in [2.75, 3.05) is 11.6 Å². The van der Waals surface area contributed by atoms with E-state index in [1.165, 1.54) is 0 Å². The van der Waals surface area contributed by atoms with Crippen LogP contribution < -0.4 is 5.01 Å². The molecule has 1 aromatic heterocycles. The van der Waals surface area contributed by atoms with E-state index >= 15 is 0 Å². The first-order chi connectivity index (χ1) is 13.3. The second-order valence-corrected chi connectivity index (χ2v) is 6.26. The number of hydrazone groups is 1. The highest BCUT2D eigenvalue weighted by Gasteiger charge is 2.33. The molecule has 0 bridgehead atoms. The van der Waals surface area contributed by atoms with E-state index in [0.29, 0.717) is 18.7 Å². The molecular weight excluding hydrogens is 340 g/mol. The molecule has 1 aliphatic heterocycles. The van der Waals surface area contributed by atoms with Crippen LogP contribution >= 0.6 is 0 Å². The summed E-state index contributed by atoms with van der Waals surface area (Å²) in [4.78, 5) is 12.5. The normalized spacial score (nSPS) is 16.2. The van der Waals surface area contributed by atoms with Crippen LogP contribution in [0.4, 0.5) is 5.69 Å². The Morgan fingerprint density at radius 1 is 1.04 bits per heavy atom. The van der Waals surface area contributed by atoms with E-state index in [1.54, 1.807) is 10.9 Å². The molecule has 4 rings (SSSR count). The lowest BCUT2D eigenvalue weighted by molar-refractivity contribution is -0.136. The lowest BCUT2D eigenvalue weighted by Crippen LogP contribution is -2.19. The van der Waals surface area contributed by atoms with Crippen LogP contribution in [-0.4, -0.2) is 28.1 Å². The molecule has 6 heteroatoms. The molecule has 2 aromatic carbocycles. The van der Waals surface area contributed by atoms with Crippen LogP contribution in [0.25, 0.3) is 0 Å². The summed E-state index contributed by atoms with van der Waals surface area (Å²) in [6.45, 7) is 0.789. The van der Waals surface area contributed by atoms with Gasteiger partial charge >= 0.3 is 5.97 Å². The molecule has 3 aromatic rings. The largest absolute Gasteiger partial charge is 0.459 e. The summed E-state index contributed by atoms with van der Waals surface area (Å²) in [5.74, 6) is -0.374. The molecule has 1 atom stereocenters. The minimum Gasteiger partial charge on any atom is -0.459 e. The van der Waals surface area contributed by atoms with Crippen LogP contribution in [0.2, 0.25) is 0 Å². The Balaban J connectivity index is 1.50. The number of esters is 1. The molecule has 0 spiro atoms. The number of rotatable bonds is 6. The van der Waals surface area contributed by atoms with E-state index < -0.39 is 0 Å². The van der Waals surface area contributed by atoms with Gasteiger partial charge in [0.05, 0.1) is 18.3 Å². The van der Waals surface area contributed by atoms with Crippen LogP contribution in [0.1, 0.15) is 18.0 Å². The SMILES string of the molecule is O=C(OCCn1cccn1)C1=NN(c2ccccc2)C(c2ccccc2)C1. The zero-order valence-electron chi connectivity index (χ0n) is 14.8. The molecule has 136 valence electrons. The number of aromatic nitrogens is 2. The van der Waals surface area contributed by atoms with Gasteiger partial charge in [0.25, 0.3) is 0 Å². The molecule has 0 aliphatic carbocycles. The van der Waals surface area contributed by atoms with Gasteiger partial charge in [-0.3, -0.25) is 9.69 Å². The fourth-order valence-corrected chi connectivity index (χ4v) is 3.13. The highest BCUT2D eigenvalue weighted by molar-refractivity contribution is 6.37. The second-order valence-electron chi connectivity index (χ2n) is 6.26. The van der Waals surface area contributed by atoms with Gasteiger partial charge in [0, 0.05) is 18.8 Å². The first kappa shape index (κ1) is 17.0. The Morgan fingerprint density at radius 2 is 1.78 bits per heavy atom. The van der Waals surface area contributed by atoms with E-state index in [4.69, 9.17) is 4.74 Å². The molecular formula is C21H20N4O2. The minimum atomic E-state index is -0.374. The standard InChI is InChI=1S/C21H20N4O2/c26-21(27-15-14-24-13-7-12-22-24)19-16-20(17-8-3-1-4-9-17)25(23-19)18-10-5-2-6-11-18/h1-13,20H,14-16H2.